The third kappa shape index (κ3) is 2.93. The first-order chi connectivity index (χ1) is 8.76. The summed E-state index contributed by atoms with van der Waals surface area (Å²) in [6.07, 6.45) is 6.00. The normalized spacial score (nSPS) is 23.2. The summed E-state index contributed by atoms with van der Waals surface area (Å²) >= 11 is 1.94. The number of methoxy groups -OCH3 is 1. The van der Waals surface area contributed by atoms with Crippen LogP contribution in [0.25, 0.3) is 0 Å². The Kier molecular flexibility index (Phi) is 4.78. The van der Waals surface area contributed by atoms with E-state index < -0.39 is 0 Å². The first kappa shape index (κ1) is 13.6. The van der Waals surface area contributed by atoms with Crippen molar-refractivity contribution in [3.8, 4) is 11.5 Å². The molecule has 1 aliphatic rings. The molecule has 1 aromatic rings. The van der Waals surface area contributed by atoms with Crippen molar-refractivity contribution >= 4 is 11.8 Å². The van der Waals surface area contributed by atoms with Gasteiger partial charge in [0, 0.05) is 23.4 Å². The summed E-state index contributed by atoms with van der Waals surface area (Å²) in [5.41, 5.74) is 0.904. The van der Waals surface area contributed by atoms with Crippen molar-refractivity contribution in [2.45, 2.75) is 37.1 Å². The fourth-order valence-corrected chi connectivity index (χ4v) is 3.52. The van der Waals surface area contributed by atoms with Crippen LogP contribution >= 0.6 is 11.8 Å². The predicted octanol–water partition coefficient (Wildman–Crippen LogP) is 2.77. The molecule has 2 atom stereocenters. The number of aromatic hydroxyl groups is 1. The molecule has 1 saturated carbocycles. The Morgan fingerprint density at radius 1 is 1.44 bits per heavy atom. The lowest BCUT2D eigenvalue weighted by Crippen LogP contribution is -2.33. The Morgan fingerprint density at radius 3 is 3.00 bits per heavy atom. The van der Waals surface area contributed by atoms with Gasteiger partial charge in [0.15, 0.2) is 11.5 Å². The van der Waals surface area contributed by atoms with Gasteiger partial charge < -0.3 is 15.2 Å². The van der Waals surface area contributed by atoms with Crippen LogP contribution in [0.2, 0.25) is 0 Å². The molecule has 0 spiro atoms. The average molecular weight is 267 g/mol. The van der Waals surface area contributed by atoms with Crippen LogP contribution in [0.5, 0.6) is 11.5 Å². The first-order valence-corrected chi connectivity index (χ1v) is 7.66. The van der Waals surface area contributed by atoms with E-state index >= 15 is 0 Å². The van der Waals surface area contributed by atoms with E-state index in [9.17, 15) is 5.11 Å². The van der Waals surface area contributed by atoms with Crippen LogP contribution in [0, 0.1) is 0 Å². The third-order valence-electron chi connectivity index (χ3n) is 3.61. The fourth-order valence-electron chi connectivity index (χ4n) is 2.56. The van der Waals surface area contributed by atoms with Gasteiger partial charge in [-0.05, 0) is 25.2 Å². The Hall–Kier alpha value is -0.870. The molecular formula is C14H21NO2S. The monoisotopic (exact) mass is 267 g/mol. The SMILES string of the molecule is COc1cccc(CNC2CCCC2SC)c1O. The van der Waals surface area contributed by atoms with Gasteiger partial charge in [0.25, 0.3) is 0 Å². The van der Waals surface area contributed by atoms with Crippen molar-refractivity contribution < 1.29 is 9.84 Å². The van der Waals surface area contributed by atoms with Gasteiger partial charge >= 0.3 is 0 Å². The molecule has 2 N–H and O–H groups in total. The van der Waals surface area contributed by atoms with E-state index in [-0.39, 0.29) is 5.75 Å². The number of hydrogen-bond acceptors (Lipinski definition) is 4. The molecule has 0 heterocycles. The van der Waals surface area contributed by atoms with Crippen LogP contribution in [0.15, 0.2) is 18.2 Å². The summed E-state index contributed by atoms with van der Waals surface area (Å²) in [6, 6.07) is 6.19. The summed E-state index contributed by atoms with van der Waals surface area (Å²) in [5, 5.41) is 14.3. The molecule has 3 nitrogen and oxygen atoms in total. The number of hydrogen-bond donors (Lipinski definition) is 2. The molecule has 0 aliphatic heterocycles. The molecule has 0 bridgehead atoms. The van der Waals surface area contributed by atoms with Crippen LogP contribution in [-0.2, 0) is 6.54 Å². The summed E-state index contributed by atoms with van der Waals surface area (Å²) in [5.74, 6) is 0.799. The smallest absolute Gasteiger partial charge is 0.162 e. The predicted molar refractivity (Wildman–Crippen MR) is 76.4 cm³/mol. The molecule has 2 unspecified atom stereocenters. The largest absolute Gasteiger partial charge is 0.504 e. The second kappa shape index (κ2) is 6.34. The lowest BCUT2D eigenvalue weighted by Gasteiger charge is -2.19. The first-order valence-electron chi connectivity index (χ1n) is 6.37. The van der Waals surface area contributed by atoms with Crippen molar-refractivity contribution in [1.29, 1.82) is 0 Å². The lowest BCUT2D eigenvalue weighted by atomic mass is 10.1. The molecule has 4 heteroatoms. The second-order valence-corrected chi connectivity index (χ2v) is 5.74. The molecule has 0 saturated heterocycles. The van der Waals surface area contributed by atoms with E-state index in [0.717, 1.165) is 5.56 Å². The van der Waals surface area contributed by atoms with Crippen LogP contribution in [0.1, 0.15) is 24.8 Å². The van der Waals surface area contributed by atoms with Gasteiger partial charge in [-0.25, -0.2) is 0 Å². The summed E-state index contributed by atoms with van der Waals surface area (Å²) in [7, 11) is 1.58. The minimum absolute atomic E-state index is 0.256. The molecular weight excluding hydrogens is 246 g/mol. The molecule has 0 aromatic heterocycles. The van der Waals surface area contributed by atoms with Crippen molar-refractivity contribution in [2.24, 2.45) is 0 Å². The number of nitrogens with one attached hydrogen (secondary N) is 1. The Labute approximate surface area is 113 Å². The standard InChI is InChI=1S/C14H21NO2S/c1-17-12-7-3-5-10(14(12)16)9-15-11-6-4-8-13(11)18-2/h3,5,7,11,13,15-16H,4,6,8-9H2,1-2H3. The van der Waals surface area contributed by atoms with Gasteiger partial charge in [-0.2, -0.15) is 11.8 Å². The van der Waals surface area contributed by atoms with Crippen molar-refractivity contribution in [2.75, 3.05) is 13.4 Å². The molecule has 1 aromatic carbocycles. The van der Waals surface area contributed by atoms with E-state index in [2.05, 4.69) is 11.6 Å². The van der Waals surface area contributed by atoms with Crippen molar-refractivity contribution in [1.82, 2.24) is 5.32 Å². The zero-order chi connectivity index (χ0) is 13.0. The molecule has 2 rings (SSSR count). The van der Waals surface area contributed by atoms with Crippen LogP contribution in [0.3, 0.4) is 0 Å². The van der Waals surface area contributed by atoms with Gasteiger partial charge in [0.1, 0.15) is 0 Å². The van der Waals surface area contributed by atoms with Gasteiger partial charge in [-0.1, -0.05) is 18.6 Å². The van der Waals surface area contributed by atoms with Crippen LogP contribution in [0.4, 0.5) is 0 Å². The van der Waals surface area contributed by atoms with E-state index in [1.807, 2.05) is 23.9 Å². The topological polar surface area (TPSA) is 41.5 Å². The minimum atomic E-state index is 0.256. The van der Waals surface area contributed by atoms with Crippen molar-refractivity contribution in [3.05, 3.63) is 23.8 Å². The number of phenolic OH excluding ortho intramolecular Hbond substituents is 1. The summed E-state index contributed by atoms with van der Waals surface area (Å²) in [4.78, 5) is 0. The summed E-state index contributed by atoms with van der Waals surface area (Å²) in [6.45, 7) is 0.699. The number of benzene rings is 1. The maximum absolute atomic E-state index is 10.0. The fraction of sp³-hybridized carbons (Fsp3) is 0.571. The average Bonchev–Trinajstić information content (AvgIpc) is 2.85. The maximum atomic E-state index is 10.0. The maximum Gasteiger partial charge on any atom is 0.162 e. The molecule has 18 heavy (non-hydrogen) atoms. The molecule has 0 amide bonds. The van der Waals surface area contributed by atoms with Crippen molar-refractivity contribution in [3.63, 3.8) is 0 Å². The highest BCUT2D eigenvalue weighted by molar-refractivity contribution is 7.99. The Morgan fingerprint density at radius 2 is 2.28 bits per heavy atom. The third-order valence-corrected chi connectivity index (χ3v) is 4.78. The number of phenols is 1. The zero-order valence-corrected chi connectivity index (χ0v) is 11.8. The number of para-hydroxylation sites is 1. The second-order valence-electron chi connectivity index (χ2n) is 4.66. The van der Waals surface area contributed by atoms with Crippen LogP contribution < -0.4 is 10.1 Å². The molecule has 0 radical (unpaired) electrons. The Balaban J connectivity index is 1.98. The van der Waals surface area contributed by atoms with Gasteiger partial charge in [-0.15, -0.1) is 0 Å². The number of ether oxygens (including phenoxy) is 1. The summed E-state index contributed by atoms with van der Waals surface area (Å²) < 4.78 is 5.12. The highest BCUT2D eigenvalue weighted by atomic mass is 32.2. The Bertz CT molecular complexity index is 397. The minimum Gasteiger partial charge on any atom is -0.504 e. The van der Waals surface area contributed by atoms with E-state index in [1.165, 1.54) is 19.3 Å². The van der Waals surface area contributed by atoms with E-state index in [4.69, 9.17) is 4.74 Å². The van der Waals surface area contributed by atoms with Crippen LogP contribution in [-0.4, -0.2) is 29.8 Å². The van der Waals surface area contributed by atoms with Gasteiger partial charge in [0.2, 0.25) is 0 Å². The quantitative estimate of drug-likeness (QED) is 0.861. The highest BCUT2D eigenvalue weighted by Crippen LogP contribution is 2.31. The lowest BCUT2D eigenvalue weighted by molar-refractivity contribution is 0.368. The zero-order valence-electron chi connectivity index (χ0n) is 11.0. The number of thioether (sulfide) groups is 1. The van der Waals surface area contributed by atoms with Gasteiger partial charge in [-0.3, -0.25) is 0 Å². The van der Waals surface area contributed by atoms with E-state index in [1.54, 1.807) is 13.2 Å². The molecule has 100 valence electrons. The molecule has 1 aliphatic carbocycles. The number of rotatable bonds is 5. The molecule has 1 fully saturated rings. The highest BCUT2D eigenvalue weighted by Gasteiger charge is 2.26. The van der Waals surface area contributed by atoms with Gasteiger partial charge in [0.05, 0.1) is 7.11 Å². The van der Waals surface area contributed by atoms with E-state index in [0.29, 0.717) is 23.6 Å².